The monoisotopic (exact) mass is 265 g/mol. The van der Waals surface area contributed by atoms with Crippen LogP contribution < -0.4 is 4.74 Å². The van der Waals surface area contributed by atoms with Gasteiger partial charge in [0.1, 0.15) is 0 Å². The average molecular weight is 266 g/mol. The van der Waals surface area contributed by atoms with Crippen LogP contribution in [0.15, 0.2) is 12.1 Å². The third-order valence-corrected chi connectivity index (χ3v) is 3.90. The molecule has 4 heteroatoms. The van der Waals surface area contributed by atoms with Crippen molar-refractivity contribution in [3.05, 3.63) is 34.2 Å². The molecule has 0 saturated heterocycles. The summed E-state index contributed by atoms with van der Waals surface area (Å²) in [5.41, 5.74) is 2.74. The number of hydrogen-bond donors (Lipinski definition) is 0. The molecule has 1 aliphatic carbocycles. The Balaban J connectivity index is 2.32. The van der Waals surface area contributed by atoms with E-state index in [-0.39, 0.29) is 5.75 Å². The molecular weight excluding hydrogens is 253 g/mol. The van der Waals surface area contributed by atoms with Gasteiger partial charge in [-0.1, -0.05) is 11.6 Å². The largest absolute Gasteiger partial charge is 0.494 e. The molecule has 0 aliphatic heterocycles. The summed E-state index contributed by atoms with van der Waals surface area (Å²) in [7, 11) is 1.45. The van der Waals surface area contributed by atoms with Gasteiger partial charge in [-0.05, 0) is 37.3 Å². The van der Waals surface area contributed by atoms with E-state index < -0.39 is 5.82 Å². The van der Waals surface area contributed by atoms with Gasteiger partial charge in [-0.25, -0.2) is 4.39 Å². The smallest absolute Gasteiger partial charge is 0.167 e. The first-order chi connectivity index (χ1) is 8.70. The summed E-state index contributed by atoms with van der Waals surface area (Å²) >= 11 is 6.42. The number of hydrogen-bond acceptors (Lipinski definition) is 2. The SMILES string of the molecule is COc1cc2c(Cl)c3c(nc2cc1F)CCCC3. The Morgan fingerprint density at radius 3 is 2.83 bits per heavy atom. The number of nitrogens with zero attached hydrogens (tertiary/aromatic N) is 1. The first kappa shape index (κ1) is 11.7. The summed E-state index contributed by atoms with van der Waals surface area (Å²) in [5.74, 6) is -0.189. The summed E-state index contributed by atoms with van der Waals surface area (Å²) in [5, 5.41) is 1.48. The maximum atomic E-state index is 13.7. The van der Waals surface area contributed by atoms with Gasteiger partial charge in [0, 0.05) is 17.1 Å². The molecule has 94 valence electrons. The Labute approximate surface area is 110 Å². The maximum absolute atomic E-state index is 13.7. The van der Waals surface area contributed by atoms with Crippen LogP contribution in [-0.2, 0) is 12.8 Å². The van der Waals surface area contributed by atoms with Crippen molar-refractivity contribution < 1.29 is 9.13 Å². The van der Waals surface area contributed by atoms with Gasteiger partial charge in [0.2, 0.25) is 0 Å². The third-order valence-electron chi connectivity index (χ3n) is 3.47. The number of pyridine rings is 1. The van der Waals surface area contributed by atoms with E-state index in [0.29, 0.717) is 10.5 Å². The van der Waals surface area contributed by atoms with Crippen LogP contribution in [0.2, 0.25) is 5.02 Å². The number of rotatable bonds is 1. The van der Waals surface area contributed by atoms with Crippen LogP contribution in [0.5, 0.6) is 5.75 Å². The summed E-state index contributed by atoms with van der Waals surface area (Å²) in [6.45, 7) is 0. The molecule has 0 spiro atoms. The Bertz CT molecular complexity index is 627. The third kappa shape index (κ3) is 1.74. The second-order valence-electron chi connectivity index (χ2n) is 4.56. The molecule has 1 aromatic heterocycles. The van der Waals surface area contributed by atoms with Crippen LogP contribution in [0.1, 0.15) is 24.1 Å². The van der Waals surface area contributed by atoms with E-state index in [4.69, 9.17) is 16.3 Å². The van der Waals surface area contributed by atoms with E-state index in [1.165, 1.54) is 13.2 Å². The van der Waals surface area contributed by atoms with Crippen molar-refractivity contribution in [1.29, 1.82) is 0 Å². The first-order valence-electron chi connectivity index (χ1n) is 6.05. The zero-order chi connectivity index (χ0) is 12.7. The highest BCUT2D eigenvalue weighted by molar-refractivity contribution is 6.36. The maximum Gasteiger partial charge on any atom is 0.167 e. The molecule has 1 heterocycles. The quantitative estimate of drug-likeness (QED) is 0.780. The molecule has 3 rings (SSSR count). The van der Waals surface area contributed by atoms with Crippen molar-refractivity contribution in [3.8, 4) is 5.75 Å². The van der Waals surface area contributed by atoms with Crippen LogP contribution in [-0.4, -0.2) is 12.1 Å². The molecule has 18 heavy (non-hydrogen) atoms. The second kappa shape index (κ2) is 4.39. The van der Waals surface area contributed by atoms with Gasteiger partial charge in [0.25, 0.3) is 0 Å². The summed E-state index contributed by atoms with van der Waals surface area (Å²) in [4.78, 5) is 4.53. The van der Waals surface area contributed by atoms with Gasteiger partial charge in [-0.3, -0.25) is 4.98 Å². The molecule has 2 nitrogen and oxygen atoms in total. The molecule has 0 bridgehead atoms. The van der Waals surface area contributed by atoms with Crippen molar-refractivity contribution in [2.45, 2.75) is 25.7 Å². The first-order valence-corrected chi connectivity index (χ1v) is 6.43. The minimum atomic E-state index is -0.399. The highest BCUT2D eigenvalue weighted by Crippen LogP contribution is 2.35. The van der Waals surface area contributed by atoms with Crippen molar-refractivity contribution in [1.82, 2.24) is 4.98 Å². The lowest BCUT2D eigenvalue weighted by Crippen LogP contribution is -2.06. The summed E-state index contributed by atoms with van der Waals surface area (Å²) in [6, 6.07) is 3.03. The average Bonchev–Trinajstić information content (AvgIpc) is 2.38. The van der Waals surface area contributed by atoms with Gasteiger partial charge in [0.15, 0.2) is 11.6 Å². The number of aryl methyl sites for hydroxylation is 1. The lowest BCUT2D eigenvalue weighted by atomic mass is 9.94. The van der Waals surface area contributed by atoms with Gasteiger partial charge in [-0.2, -0.15) is 0 Å². The van der Waals surface area contributed by atoms with Gasteiger partial charge in [0.05, 0.1) is 17.6 Å². The Morgan fingerprint density at radius 1 is 1.28 bits per heavy atom. The van der Waals surface area contributed by atoms with E-state index >= 15 is 0 Å². The van der Waals surface area contributed by atoms with E-state index in [1.807, 2.05) is 0 Å². The fraction of sp³-hybridized carbons (Fsp3) is 0.357. The van der Waals surface area contributed by atoms with E-state index in [0.717, 1.165) is 42.3 Å². The molecule has 1 aromatic carbocycles. The Hall–Kier alpha value is -1.35. The predicted molar refractivity (Wildman–Crippen MR) is 69.9 cm³/mol. The Morgan fingerprint density at radius 2 is 2.06 bits per heavy atom. The van der Waals surface area contributed by atoms with Crippen LogP contribution >= 0.6 is 11.6 Å². The summed E-state index contributed by atoms with van der Waals surface area (Å²) < 4.78 is 18.7. The molecule has 0 amide bonds. The number of benzene rings is 1. The highest BCUT2D eigenvalue weighted by Gasteiger charge is 2.18. The van der Waals surface area contributed by atoms with Gasteiger partial charge in [-0.15, -0.1) is 0 Å². The number of halogens is 2. The zero-order valence-corrected chi connectivity index (χ0v) is 10.9. The van der Waals surface area contributed by atoms with Crippen molar-refractivity contribution in [2.24, 2.45) is 0 Å². The van der Waals surface area contributed by atoms with Crippen molar-refractivity contribution in [2.75, 3.05) is 7.11 Å². The van der Waals surface area contributed by atoms with Gasteiger partial charge >= 0.3 is 0 Å². The lowest BCUT2D eigenvalue weighted by molar-refractivity contribution is 0.387. The van der Waals surface area contributed by atoms with E-state index in [9.17, 15) is 4.39 Å². The standard InChI is InChI=1S/C14H13ClFNO/c1-18-13-6-9-12(7-10(13)16)17-11-5-3-2-4-8(11)14(9)15/h6-7H,2-5H2,1H3. The van der Waals surface area contributed by atoms with E-state index in [1.54, 1.807) is 6.07 Å². The number of methoxy groups -OCH3 is 1. The predicted octanol–water partition coefficient (Wildman–Crippen LogP) is 3.91. The molecule has 2 aromatic rings. The summed E-state index contributed by atoms with van der Waals surface area (Å²) in [6.07, 6.45) is 4.15. The Kier molecular flexibility index (Phi) is 2.86. The molecule has 0 saturated carbocycles. The topological polar surface area (TPSA) is 22.1 Å². The molecule has 0 radical (unpaired) electrons. The molecule has 0 atom stereocenters. The van der Waals surface area contributed by atoms with Crippen LogP contribution in [0.25, 0.3) is 10.9 Å². The number of ether oxygens (including phenoxy) is 1. The number of aromatic nitrogens is 1. The van der Waals surface area contributed by atoms with Crippen molar-refractivity contribution >= 4 is 22.5 Å². The molecular formula is C14H13ClFNO. The minimum absolute atomic E-state index is 0.210. The normalized spacial score (nSPS) is 14.6. The van der Waals surface area contributed by atoms with E-state index in [2.05, 4.69) is 4.98 Å². The lowest BCUT2D eigenvalue weighted by Gasteiger charge is -2.18. The molecule has 0 fully saturated rings. The van der Waals surface area contributed by atoms with Gasteiger partial charge < -0.3 is 4.74 Å². The van der Waals surface area contributed by atoms with Crippen LogP contribution in [0, 0.1) is 5.82 Å². The fourth-order valence-corrected chi connectivity index (χ4v) is 2.88. The molecule has 1 aliphatic rings. The highest BCUT2D eigenvalue weighted by atomic mass is 35.5. The van der Waals surface area contributed by atoms with Crippen LogP contribution in [0.3, 0.4) is 0 Å². The fourth-order valence-electron chi connectivity index (χ4n) is 2.52. The molecule has 0 unspecified atom stereocenters. The zero-order valence-electron chi connectivity index (χ0n) is 10.1. The minimum Gasteiger partial charge on any atom is -0.494 e. The number of fused-ring (bicyclic) bond motifs is 2. The van der Waals surface area contributed by atoms with Crippen molar-refractivity contribution in [3.63, 3.8) is 0 Å². The van der Waals surface area contributed by atoms with Crippen LogP contribution in [0.4, 0.5) is 4.39 Å². The second-order valence-corrected chi connectivity index (χ2v) is 4.94. The molecule has 0 N–H and O–H groups in total.